The van der Waals surface area contributed by atoms with E-state index in [0.717, 1.165) is 64.7 Å². The smallest absolute Gasteiger partial charge is 0.259 e. The number of amides is 2. The number of aryl methyl sites for hydroxylation is 1. The van der Waals surface area contributed by atoms with Gasteiger partial charge in [0.15, 0.2) is 0 Å². The summed E-state index contributed by atoms with van der Waals surface area (Å²) in [5.74, 6) is -0.693. The van der Waals surface area contributed by atoms with Crippen LogP contribution in [-0.2, 0) is 16.1 Å². The molecule has 33 heavy (non-hydrogen) atoms. The van der Waals surface area contributed by atoms with Gasteiger partial charge in [0.05, 0.1) is 16.7 Å². The Bertz CT molecular complexity index is 1420. The number of H-pyrrole nitrogens is 1. The van der Waals surface area contributed by atoms with Crippen LogP contribution in [0.2, 0.25) is 0 Å². The summed E-state index contributed by atoms with van der Waals surface area (Å²) in [5, 5.41) is 4.46. The maximum atomic E-state index is 13.1. The summed E-state index contributed by atoms with van der Waals surface area (Å²) in [6, 6.07) is 14.0. The second kappa shape index (κ2) is 8.37. The number of aromatic nitrogens is 2. The summed E-state index contributed by atoms with van der Waals surface area (Å²) in [4.78, 5) is 31.7. The molecule has 1 aliphatic rings. The van der Waals surface area contributed by atoms with Crippen LogP contribution in [0.15, 0.2) is 54.9 Å². The summed E-state index contributed by atoms with van der Waals surface area (Å²) in [7, 11) is 0. The number of hydrogen-bond donors (Lipinski definition) is 2. The zero-order valence-corrected chi connectivity index (χ0v) is 19.2. The van der Waals surface area contributed by atoms with Crippen molar-refractivity contribution in [2.75, 3.05) is 19.6 Å². The fourth-order valence-corrected chi connectivity index (χ4v) is 4.96. The van der Waals surface area contributed by atoms with Crippen LogP contribution in [0.25, 0.3) is 33.0 Å². The van der Waals surface area contributed by atoms with Gasteiger partial charge in [0.2, 0.25) is 0 Å². The highest BCUT2D eigenvalue weighted by Crippen LogP contribution is 2.38. The number of para-hydroxylation sites is 2. The van der Waals surface area contributed by atoms with E-state index in [1.165, 1.54) is 0 Å². The van der Waals surface area contributed by atoms with Crippen LogP contribution >= 0.6 is 0 Å². The Labute approximate surface area is 192 Å². The molecule has 2 aromatic carbocycles. The maximum Gasteiger partial charge on any atom is 0.259 e. The lowest BCUT2D eigenvalue weighted by atomic mass is 9.95. The summed E-state index contributed by atoms with van der Waals surface area (Å²) in [5.41, 5.74) is 5.63. The van der Waals surface area contributed by atoms with Crippen LogP contribution in [0.5, 0.6) is 0 Å². The number of nitrogens with zero attached hydrogens (tertiary/aromatic N) is 2. The summed E-state index contributed by atoms with van der Waals surface area (Å²) < 4.78 is 2.23. The average molecular weight is 441 g/mol. The van der Waals surface area contributed by atoms with Crippen molar-refractivity contribution in [2.24, 2.45) is 0 Å². The van der Waals surface area contributed by atoms with Gasteiger partial charge in [-0.15, -0.1) is 0 Å². The summed E-state index contributed by atoms with van der Waals surface area (Å²) >= 11 is 0. The van der Waals surface area contributed by atoms with Crippen LogP contribution < -0.4 is 5.32 Å². The lowest BCUT2D eigenvalue weighted by Gasteiger charge is -2.18. The Hall–Kier alpha value is -3.64. The van der Waals surface area contributed by atoms with Crippen molar-refractivity contribution in [3.8, 4) is 0 Å². The van der Waals surface area contributed by atoms with Crippen LogP contribution in [-0.4, -0.2) is 45.9 Å². The molecule has 2 N–H and O–H groups in total. The molecule has 0 saturated carbocycles. The highest BCUT2D eigenvalue weighted by molar-refractivity contribution is 6.50. The molecule has 6 nitrogen and oxygen atoms in total. The number of benzene rings is 2. The van der Waals surface area contributed by atoms with Gasteiger partial charge in [-0.2, -0.15) is 0 Å². The van der Waals surface area contributed by atoms with Crippen molar-refractivity contribution in [2.45, 2.75) is 27.3 Å². The molecule has 0 atom stereocenters. The monoisotopic (exact) mass is 440 g/mol. The van der Waals surface area contributed by atoms with E-state index >= 15 is 0 Å². The number of aromatic amines is 1. The minimum atomic E-state index is -0.351. The largest absolute Gasteiger partial charge is 0.361 e. The van der Waals surface area contributed by atoms with Gasteiger partial charge in [0, 0.05) is 52.9 Å². The minimum Gasteiger partial charge on any atom is -0.361 e. The second-order valence-corrected chi connectivity index (χ2v) is 8.52. The molecule has 2 aromatic heterocycles. The van der Waals surface area contributed by atoms with Gasteiger partial charge in [-0.3, -0.25) is 14.9 Å². The highest BCUT2D eigenvalue weighted by atomic mass is 16.2. The molecule has 0 unspecified atom stereocenters. The van der Waals surface area contributed by atoms with Gasteiger partial charge >= 0.3 is 0 Å². The molecule has 0 radical (unpaired) electrons. The molecule has 168 valence electrons. The van der Waals surface area contributed by atoms with Crippen molar-refractivity contribution in [1.82, 2.24) is 19.8 Å². The van der Waals surface area contributed by atoms with Crippen LogP contribution in [0.3, 0.4) is 0 Å². The van der Waals surface area contributed by atoms with E-state index in [-0.39, 0.29) is 11.8 Å². The Balaban J connectivity index is 1.72. The number of likely N-dealkylation sites (N-methyl/N-ethyl adjacent to an activating group) is 1. The zero-order valence-electron chi connectivity index (χ0n) is 19.2. The fourth-order valence-electron chi connectivity index (χ4n) is 4.96. The summed E-state index contributed by atoms with van der Waals surface area (Å²) in [6.07, 6.45) is 3.87. The number of imide groups is 1. The third kappa shape index (κ3) is 3.47. The zero-order chi connectivity index (χ0) is 23.1. The lowest BCUT2D eigenvalue weighted by molar-refractivity contribution is -0.122. The molecule has 0 fully saturated rings. The van der Waals surface area contributed by atoms with Crippen molar-refractivity contribution in [1.29, 1.82) is 0 Å². The number of carbonyl (C=O) groups excluding carboxylic acids is 2. The van der Waals surface area contributed by atoms with Crippen molar-refractivity contribution >= 4 is 44.8 Å². The highest BCUT2D eigenvalue weighted by Gasteiger charge is 2.35. The topological polar surface area (TPSA) is 70.1 Å². The van der Waals surface area contributed by atoms with Gasteiger partial charge in [0.25, 0.3) is 11.8 Å². The Morgan fingerprint density at radius 3 is 2.33 bits per heavy atom. The van der Waals surface area contributed by atoms with E-state index < -0.39 is 0 Å². The van der Waals surface area contributed by atoms with E-state index in [2.05, 4.69) is 46.6 Å². The number of carbonyl (C=O) groups is 2. The van der Waals surface area contributed by atoms with E-state index in [4.69, 9.17) is 0 Å². The number of nitrogens with one attached hydrogen (secondary N) is 2. The lowest BCUT2D eigenvalue weighted by Crippen LogP contribution is -2.26. The average Bonchev–Trinajstić information content (AvgIpc) is 3.48. The first kappa shape index (κ1) is 21.2. The molecule has 1 aliphatic heterocycles. The molecular weight excluding hydrogens is 412 g/mol. The quantitative estimate of drug-likeness (QED) is 0.420. The van der Waals surface area contributed by atoms with Gasteiger partial charge in [-0.05, 0) is 31.6 Å². The number of fused-ring (bicyclic) bond motifs is 2. The van der Waals surface area contributed by atoms with Gasteiger partial charge in [-0.25, -0.2) is 0 Å². The predicted octanol–water partition coefficient (Wildman–Crippen LogP) is 4.34. The van der Waals surface area contributed by atoms with Crippen molar-refractivity contribution < 1.29 is 9.59 Å². The van der Waals surface area contributed by atoms with E-state index in [1.807, 2.05) is 48.8 Å². The SMILES string of the molecule is CCN(CC)CCn1cc(C2=C(c3c[nH]c4ccccc34)C(=O)NC2=O)c2cccc(C)c21. The van der Waals surface area contributed by atoms with Gasteiger partial charge < -0.3 is 14.5 Å². The fraction of sp³-hybridized carbons (Fsp3) is 0.259. The van der Waals surface area contributed by atoms with Crippen molar-refractivity contribution in [3.05, 3.63) is 71.5 Å². The van der Waals surface area contributed by atoms with Crippen molar-refractivity contribution in [3.63, 3.8) is 0 Å². The molecule has 0 bridgehead atoms. The molecule has 0 aliphatic carbocycles. The molecule has 0 saturated heterocycles. The molecule has 2 amide bonds. The van der Waals surface area contributed by atoms with E-state index in [1.54, 1.807) is 0 Å². The molecule has 5 rings (SSSR count). The van der Waals surface area contributed by atoms with E-state index in [9.17, 15) is 9.59 Å². The molecule has 6 heteroatoms. The Kier molecular flexibility index (Phi) is 5.38. The second-order valence-electron chi connectivity index (χ2n) is 8.52. The maximum absolute atomic E-state index is 13.1. The van der Waals surface area contributed by atoms with E-state index in [0.29, 0.717) is 11.1 Å². The standard InChI is InChI=1S/C27H28N4O2/c1-4-30(5-2)13-14-31-16-21(19-11-8-9-17(3)25(19)31)24-23(26(32)29-27(24)33)20-15-28-22-12-7-6-10-18(20)22/h6-12,15-16,28H,4-5,13-14H2,1-3H3,(H,29,32,33). The Morgan fingerprint density at radius 1 is 0.879 bits per heavy atom. The normalized spacial score (nSPS) is 14.3. The first-order valence-electron chi connectivity index (χ1n) is 11.5. The first-order valence-corrected chi connectivity index (χ1v) is 11.5. The molecular formula is C27H28N4O2. The van der Waals surface area contributed by atoms with Crippen LogP contribution in [0, 0.1) is 6.92 Å². The number of rotatable bonds is 7. The third-order valence-corrected chi connectivity index (χ3v) is 6.71. The number of hydrogen-bond acceptors (Lipinski definition) is 3. The molecule has 3 heterocycles. The van der Waals surface area contributed by atoms with Gasteiger partial charge in [0.1, 0.15) is 0 Å². The predicted molar refractivity (Wildman–Crippen MR) is 133 cm³/mol. The minimum absolute atomic E-state index is 0.343. The molecule has 4 aromatic rings. The van der Waals surface area contributed by atoms with Gasteiger partial charge in [-0.1, -0.05) is 50.2 Å². The molecule has 0 spiro atoms. The first-order chi connectivity index (χ1) is 16.0. The van der Waals surface area contributed by atoms with Crippen LogP contribution in [0.1, 0.15) is 30.5 Å². The van der Waals surface area contributed by atoms with Crippen LogP contribution in [0.4, 0.5) is 0 Å². The third-order valence-electron chi connectivity index (χ3n) is 6.71. The Morgan fingerprint density at radius 2 is 1.58 bits per heavy atom. The summed E-state index contributed by atoms with van der Waals surface area (Å²) in [6.45, 7) is 10.2.